The smallest absolute Gasteiger partial charge is 0.0737 e. The van der Waals surface area contributed by atoms with Crippen LogP contribution < -0.4 is 0 Å². The summed E-state index contributed by atoms with van der Waals surface area (Å²) in [6.45, 7) is 51.1. The van der Waals surface area contributed by atoms with Crippen molar-refractivity contribution in [1.29, 1.82) is 0 Å². The van der Waals surface area contributed by atoms with Crippen molar-refractivity contribution in [3.63, 3.8) is 0 Å². The van der Waals surface area contributed by atoms with Gasteiger partial charge >= 0.3 is 0 Å². The molecule has 0 spiro atoms. The zero-order valence-electron chi connectivity index (χ0n) is 53.1. The van der Waals surface area contributed by atoms with E-state index in [0.717, 1.165) is 62.9 Å². The minimum atomic E-state index is -0.0859. The molecule has 0 saturated carbocycles. The Kier molecular flexibility index (Phi) is 13.3. The quantitative estimate of drug-likeness (QED) is 0.186. The van der Waals surface area contributed by atoms with Crippen molar-refractivity contribution in [3.8, 4) is 0 Å². The number of hydrogen-bond acceptors (Lipinski definition) is 2. The number of nitrogens with one attached hydrogen (secondary N) is 1. The van der Waals surface area contributed by atoms with Gasteiger partial charge in [-0.1, -0.05) is 236 Å². The average molecular weight is 1030 g/mol. The van der Waals surface area contributed by atoms with Gasteiger partial charge in [0.2, 0.25) is 0 Å². The Bertz CT molecular complexity index is 3450. The molecule has 9 rings (SSSR count). The largest absolute Gasteiger partial charge is 0.354 e. The van der Waals surface area contributed by atoms with E-state index in [4.69, 9.17) is 13.0 Å². The lowest BCUT2D eigenvalue weighted by molar-refractivity contribution is 0.567. The first-order chi connectivity index (χ1) is 36.4. The van der Waals surface area contributed by atoms with Crippen LogP contribution in [0.2, 0.25) is 0 Å². The maximum absolute atomic E-state index is 5.88. The molecule has 1 aromatic heterocycles. The van der Waals surface area contributed by atoms with Crippen LogP contribution in [-0.4, -0.2) is 16.4 Å². The van der Waals surface area contributed by atoms with Gasteiger partial charge in [-0.05, 0) is 160 Å². The van der Waals surface area contributed by atoms with Crippen molar-refractivity contribution in [3.05, 3.63) is 222 Å². The van der Waals surface area contributed by atoms with Crippen LogP contribution in [0.25, 0.3) is 22.3 Å². The Labute approximate surface area is 468 Å². The lowest BCUT2D eigenvalue weighted by Gasteiger charge is -2.27. The van der Waals surface area contributed by atoms with Gasteiger partial charge in [-0.15, -0.1) is 0 Å². The van der Waals surface area contributed by atoms with Crippen LogP contribution in [0.1, 0.15) is 233 Å². The predicted molar refractivity (Wildman–Crippen MR) is 337 cm³/mol. The third-order valence-corrected chi connectivity index (χ3v) is 16.1. The molecule has 8 bridgehead atoms. The molecule has 1 aliphatic carbocycles. The molecule has 4 aliphatic rings. The van der Waals surface area contributed by atoms with Crippen molar-refractivity contribution < 1.29 is 2.97 Å². The second-order valence-electron chi connectivity index (χ2n) is 30.0. The van der Waals surface area contributed by atoms with Gasteiger partial charge in [0.15, 0.2) is 0 Å². The maximum atomic E-state index is 5.88. The van der Waals surface area contributed by atoms with Gasteiger partial charge in [-0.25, -0.2) is 9.98 Å². The first-order valence-electron chi connectivity index (χ1n) is 29.4. The summed E-state index contributed by atoms with van der Waals surface area (Å²) < 4.78 is 10.0. The number of aromatic amines is 1. The maximum Gasteiger partial charge on any atom is 0.0737 e. The van der Waals surface area contributed by atoms with Crippen LogP contribution in [-0.2, 0) is 37.9 Å². The van der Waals surface area contributed by atoms with Crippen LogP contribution in [0.3, 0.4) is 0 Å². The fourth-order valence-electron chi connectivity index (χ4n) is 11.0. The van der Waals surface area contributed by atoms with Crippen molar-refractivity contribution in [1.82, 2.24) is 4.98 Å². The predicted octanol–water partition coefficient (Wildman–Crippen LogP) is 20.1. The lowest BCUT2D eigenvalue weighted by atomic mass is 9.78. The SMILES string of the molecule is Cc1cc(C2=C3C=CC(=C(c4cc(C(C)(C)C)cc(C(C)(C)C)c4)C4=NC(=C(c5cc(C(C)(C)C)cc(C(C)(C)C)c5)c5ccc([nH]5)C(c5cc(C(C)(C)C)cc(C(C)(C)C)c5)=C5C=CC2=N5)C=C4)C3)cc(C(C)(C)C)c1.[2H][3H]. The summed E-state index contributed by atoms with van der Waals surface area (Å²) in [5.41, 5.74) is 27.5. The second kappa shape index (κ2) is 19.0. The highest BCUT2D eigenvalue weighted by Gasteiger charge is 2.32. The minimum absolute atomic E-state index is 0.0456. The second-order valence-corrected chi connectivity index (χ2v) is 30.0. The summed E-state index contributed by atoms with van der Waals surface area (Å²) in [6, 6.07) is 33.6. The fraction of sp³-hybridized carbons (Fsp3) is 0.405. The molecular formula is C74H91N3. The Morgan fingerprint density at radius 1 is 0.351 bits per heavy atom. The normalized spacial score (nSPS) is 16.8. The highest BCUT2D eigenvalue weighted by atomic mass is 14.8. The molecular weight excluding hydrogens is 931 g/mol. The van der Waals surface area contributed by atoms with Crippen molar-refractivity contribution >= 4 is 33.7 Å². The lowest BCUT2D eigenvalue weighted by Crippen LogP contribution is -2.17. The van der Waals surface area contributed by atoms with Gasteiger partial charge in [0.05, 0.1) is 22.8 Å². The Morgan fingerprint density at radius 2 is 0.623 bits per heavy atom. The molecule has 3 aliphatic heterocycles. The molecule has 0 fully saturated rings. The van der Waals surface area contributed by atoms with E-state index >= 15 is 0 Å². The third-order valence-electron chi connectivity index (χ3n) is 16.1. The van der Waals surface area contributed by atoms with Crippen molar-refractivity contribution in [2.75, 3.05) is 0 Å². The minimum Gasteiger partial charge on any atom is -0.354 e. The van der Waals surface area contributed by atoms with E-state index in [2.05, 4.69) is 279 Å². The van der Waals surface area contributed by atoms with Gasteiger partial charge in [0.25, 0.3) is 0 Å². The molecule has 402 valence electrons. The monoisotopic (exact) mass is 1020 g/mol. The summed E-state index contributed by atoms with van der Waals surface area (Å²) in [4.78, 5) is 15.9. The Balaban J connectivity index is 0.00000406. The first-order valence-corrected chi connectivity index (χ1v) is 28.4. The van der Waals surface area contributed by atoms with E-state index in [1.165, 1.54) is 77.9 Å². The van der Waals surface area contributed by atoms with Gasteiger partial charge in [0.1, 0.15) is 0 Å². The van der Waals surface area contributed by atoms with Crippen molar-refractivity contribution in [2.24, 2.45) is 9.98 Å². The summed E-state index contributed by atoms with van der Waals surface area (Å²) in [7, 11) is 0. The highest BCUT2D eigenvalue weighted by Crippen LogP contribution is 2.45. The van der Waals surface area contributed by atoms with Gasteiger partial charge in [-0.3, -0.25) is 0 Å². The number of fused-ring (bicyclic) bond motifs is 6. The summed E-state index contributed by atoms with van der Waals surface area (Å²) in [5, 5.41) is 0. The standard InChI is InChI=1S/C74H89N3.H2/c1-44-31-47(34-51(32-44)68(2,3)4)64-45-23-24-46(33-45)65(48-35-52(69(5,6)7)41-53(36-48)70(8,9)10)59-26-28-61(76-59)67(50-39-56(73(17,18)19)43-57(40-50)74(20,21)22)63-30-29-62(77-63)66(60-27-25-58(64)75-60)49-37-54(71(11,12)13)42-55(38-49)72(14,15)16;/h23-32,34-43,77H,33H2,1-22H3;1H/i;1+2D. The van der Waals surface area contributed by atoms with Crippen molar-refractivity contribution in [2.45, 2.75) is 197 Å². The summed E-state index contributed by atoms with van der Waals surface area (Å²) in [5.74, 6) is 0. The van der Waals surface area contributed by atoms with Gasteiger partial charge in [0, 0.05) is 36.6 Å². The number of aryl methyl sites for hydroxylation is 1. The number of allylic oxidation sites excluding steroid dienone is 10. The molecule has 0 unspecified atom stereocenters. The Morgan fingerprint density at radius 3 is 0.922 bits per heavy atom. The molecule has 4 heterocycles. The summed E-state index contributed by atoms with van der Waals surface area (Å²) in [6.07, 6.45) is 14.6. The first kappa shape index (κ1) is 54.1. The number of rotatable bonds is 4. The highest BCUT2D eigenvalue weighted by molar-refractivity contribution is 6.34. The molecule has 1 N–H and O–H groups in total. The Hall–Kier alpha value is -6.32. The average Bonchev–Trinajstić information content (AvgIpc) is 4.31. The number of H-pyrrole nitrogens is 1. The van der Waals surface area contributed by atoms with E-state index in [9.17, 15) is 0 Å². The molecule has 3 nitrogen and oxygen atoms in total. The summed E-state index contributed by atoms with van der Waals surface area (Å²) >= 11 is 0. The number of aliphatic imine (C=N–C) groups is 2. The van der Waals surface area contributed by atoms with Crippen LogP contribution in [0.4, 0.5) is 0 Å². The van der Waals surface area contributed by atoms with E-state index in [1.54, 1.807) is 0 Å². The number of aromatic nitrogens is 1. The van der Waals surface area contributed by atoms with Gasteiger partial charge < -0.3 is 4.98 Å². The van der Waals surface area contributed by atoms with E-state index < -0.39 is 0 Å². The van der Waals surface area contributed by atoms with E-state index in [0.29, 0.717) is 0 Å². The van der Waals surface area contributed by atoms with Gasteiger partial charge in [-0.2, -0.15) is 0 Å². The number of nitrogens with zero attached hydrogens (tertiary/aromatic N) is 2. The number of hydrogen-bond donors (Lipinski definition) is 1. The van der Waals surface area contributed by atoms with E-state index in [-0.39, 0.29) is 37.9 Å². The molecule has 4 aromatic carbocycles. The molecule has 3 heteroatoms. The van der Waals surface area contributed by atoms with Crippen LogP contribution in [0, 0.1) is 6.92 Å². The topological polar surface area (TPSA) is 40.5 Å². The molecule has 5 aromatic rings. The van der Waals surface area contributed by atoms with Crippen LogP contribution in [0.5, 0.6) is 0 Å². The molecule has 0 radical (unpaired) electrons. The third kappa shape index (κ3) is 11.4. The number of benzene rings is 4. The van der Waals surface area contributed by atoms with Crippen LogP contribution >= 0.6 is 0 Å². The molecule has 0 amide bonds. The zero-order valence-corrected chi connectivity index (χ0v) is 51.1. The molecule has 0 saturated heterocycles. The van der Waals surface area contributed by atoms with E-state index in [1.807, 2.05) is 0 Å². The fourth-order valence-corrected chi connectivity index (χ4v) is 11.0. The molecule has 77 heavy (non-hydrogen) atoms. The van der Waals surface area contributed by atoms with Crippen LogP contribution in [0.15, 0.2) is 154 Å². The zero-order chi connectivity index (χ0) is 58.3. The molecule has 0 atom stereocenters.